The third-order valence-electron chi connectivity index (χ3n) is 3.01. The van der Waals surface area contributed by atoms with E-state index in [1.165, 1.54) is 17.0 Å². The van der Waals surface area contributed by atoms with E-state index in [4.69, 9.17) is 17.3 Å². The van der Waals surface area contributed by atoms with Gasteiger partial charge >= 0.3 is 0 Å². The number of carbonyl (C=O) groups is 2. The minimum Gasteiger partial charge on any atom is -0.369 e. The summed E-state index contributed by atoms with van der Waals surface area (Å²) in [7, 11) is 0. The molecule has 0 saturated carbocycles. The molecular formula is C12H12ClFN2O2. The van der Waals surface area contributed by atoms with Crippen LogP contribution in [0.3, 0.4) is 0 Å². The largest absolute Gasteiger partial charge is 0.369 e. The van der Waals surface area contributed by atoms with Crippen LogP contribution in [0.1, 0.15) is 12.0 Å². The summed E-state index contributed by atoms with van der Waals surface area (Å²) in [4.78, 5) is 24.2. The van der Waals surface area contributed by atoms with E-state index in [9.17, 15) is 14.0 Å². The molecule has 96 valence electrons. The van der Waals surface area contributed by atoms with Gasteiger partial charge in [0.15, 0.2) is 0 Å². The second kappa shape index (κ2) is 4.94. The van der Waals surface area contributed by atoms with Crippen LogP contribution in [-0.4, -0.2) is 23.3 Å². The fraction of sp³-hybridized carbons (Fsp3) is 0.333. The molecule has 2 amide bonds. The van der Waals surface area contributed by atoms with Crippen molar-refractivity contribution < 1.29 is 14.0 Å². The van der Waals surface area contributed by atoms with Crippen molar-refractivity contribution in [2.24, 2.45) is 11.7 Å². The average Bonchev–Trinajstić information content (AvgIpc) is 2.67. The molecular weight excluding hydrogens is 259 g/mol. The van der Waals surface area contributed by atoms with E-state index in [2.05, 4.69) is 0 Å². The quantitative estimate of drug-likeness (QED) is 0.900. The van der Waals surface area contributed by atoms with Crippen molar-refractivity contribution in [2.45, 2.75) is 13.0 Å². The van der Waals surface area contributed by atoms with E-state index in [1.807, 2.05) is 0 Å². The second-order valence-electron chi connectivity index (χ2n) is 4.29. The SMILES string of the molecule is NC(=O)C1CC(=O)N(Cc2cccc(F)c2Cl)C1. The molecule has 2 rings (SSSR count). The molecule has 0 aliphatic carbocycles. The van der Waals surface area contributed by atoms with Gasteiger partial charge in [0.05, 0.1) is 10.9 Å². The van der Waals surface area contributed by atoms with Crippen LogP contribution in [0.25, 0.3) is 0 Å². The molecule has 4 nitrogen and oxygen atoms in total. The molecule has 1 aliphatic heterocycles. The van der Waals surface area contributed by atoms with Crippen LogP contribution < -0.4 is 5.73 Å². The first kappa shape index (κ1) is 12.8. The Hall–Kier alpha value is -1.62. The maximum Gasteiger partial charge on any atom is 0.223 e. The molecule has 1 fully saturated rings. The fourth-order valence-electron chi connectivity index (χ4n) is 1.99. The van der Waals surface area contributed by atoms with Gasteiger partial charge in [-0.2, -0.15) is 0 Å². The Bertz CT molecular complexity index is 507. The second-order valence-corrected chi connectivity index (χ2v) is 4.67. The predicted octanol–water partition coefficient (Wildman–Crippen LogP) is 1.31. The van der Waals surface area contributed by atoms with Gasteiger partial charge in [-0.3, -0.25) is 9.59 Å². The molecule has 1 unspecified atom stereocenters. The Morgan fingerprint density at radius 2 is 2.28 bits per heavy atom. The molecule has 1 saturated heterocycles. The van der Waals surface area contributed by atoms with E-state index in [1.54, 1.807) is 6.07 Å². The summed E-state index contributed by atoms with van der Waals surface area (Å²) in [5, 5.41) is 0.00725. The minimum absolute atomic E-state index is 0.00725. The molecule has 1 atom stereocenters. The van der Waals surface area contributed by atoms with Gasteiger partial charge in [-0.15, -0.1) is 0 Å². The zero-order valence-electron chi connectivity index (χ0n) is 9.53. The van der Waals surface area contributed by atoms with E-state index >= 15 is 0 Å². The van der Waals surface area contributed by atoms with Crippen molar-refractivity contribution in [3.05, 3.63) is 34.6 Å². The average molecular weight is 271 g/mol. The first-order valence-corrected chi connectivity index (χ1v) is 5.87. The summed E-state index contributed by atoms with van der Waals surface area (Å²) in [5.41, 5.74) is 5.69. The van der Waals surface area contributed by atoms with E-state index < -0.39 is 17.6 Å². The van der Waals surface area contributed by atoms with Crippen molar-refractivity contribution >= 4 is 23.4 Å². The Morgan fingerprint density at radius 3 is 2.89 bits per heavy atom. The topological polar surface area (TPSA) is 63.4 Å². The fourth-order valence-corrected chi connectivity index (χ4v) is 2.18. The molecule has 1 aliphatic rings. The van der Waals surface area contributed by atoms with E-state index in [-0.39, 0.29) is 30.4 Å². The molecule has 18 heavy (non-hydrogen) atoms. The number of hydrogen-bond acceptors (Lipinski definition) is 2. The number of nitrogens with zero attached hydrogens (tertiary/aromatic N) is 1. The smallest absolute Gasteiger partial charge is 0.223 e. The van der Waals surface area contributed by atoms with Crippen molar-refractivity contribution in [1.29, 1.82) is 0 Å². The molecule has 1 aromatic carbocycles. The molecule has 6 heteroatoms. The van der Waals surface area contributed by atoms with Gasteiger partial charge in [0.2, 0.25) is 11.8 Å². The number of benzene rings is 1. The van der Waals surface area contributed by atoms with Gasteiger partial charge in [-0.25, -0.2) is 4.39 Å². The molecule has 0 aromatic heterocycles. The van der Waals surface area contributed by atoms with Crippen molar-refractivity contribution in [2.75, 3.05) is 6.54 Å². The van der Waals surface area contributed by atoms with Crippen LogP contribution in [0.2, 0.25) is 5.02 Å². The highest BCUT2D eigenvalue weighted by Gasteiger charge is 2.33. The number of hydrogen-bond donors (Lipinski definition) is 1. The number of amides is 2. The molecule has 1 aromatic rings. The minimum atomic E-state index is -0.521. The van der Waals surface area contributed by atoms with Gasteiger partial charge < -0.3 is 10.6 Å². The summed E-state index contributed by atoms with van der Waals surface area (Å²) in [6.07, 6.45) is 0.113. The third-order valence-corrected chi connectivity index (χ3v) is 3.43. The summed E-state index contributed by atoms with van der Waals surface area (Å²) in [6, 6.07) is 4.43. The van der Waals surface area contributed by atoms with Crippen LogP contribution in [0, 0.1) is 11.7 Å². The summed E-state index contributed by atoms with van der Waals surface area (Å²) >= 11 is 5.81. The van der Waals surface area contributed by atoms with Crippen molar-refractivity contribution in [3.8, 4) is 0 Å². The van der Waals surface area contributed by atoms with Gasteiger partial charge in [0.1, 0.15) is 5.82 Å². The highest BCUT2D eigenvalue weighted by atomic mass is 35.5. The molecule has 0 radical (unpaired) electrons. The van der Waals surface area contributed by atoms with Gasteiger partial charge in [0, 0.05) is 19.5 Å². The maximum absolute atomic E-state index is 13.2. The zero-order chi connectivity index (χ0) is 13.3. The predicted molar refractivity (Wildman–Crippen MR) is 64.1 cm³/mol. The van der Waals surface area contributed by atoms with Crippen LogP contribution in [0.5, 0.6) is 0 Å². The number of rotatable bonds is 3. The molecule has 1 heterocycles. The first-order chi connectivity index (χ1) is 8.49. The summed E-state index contributed by atoms with van der Waals surface area (Å²) in [5.74, 6) is -1.65. The lowest BCUT2D eigenvalue weighted by atomic mass is 10.1. The van der Waals surface area contributed by atoms with E-state index in [0.29, 0.717) is 5.56 Å². The zero-order valence-corrected chi connectivity index (χ0v) is 10.3. The lowest BCUT2D eigenvalue weighted by Crippen LogP contribution is -2.28. The Kier molecular flexibility index (Phi) is 3.52. The van der Waals surface area contributed by atoms with E-state index in [0.717, 1.165) is 0 Å². The lowest BCUT2D eigenvalue weighted by Gasteiger charge is -2.17. The lowest BCUT2D eigenvalue weighted by molar-refractivity contribution is -0.128. The first-order valence-electron chi connectivity index (χ1n) is 5.49. The maximum atomic E-state index is 13.2. The number of nitrogens with two attached hydrogens (primary N) is 1. The number of primary amides is 1. The summed E-state index contributed by atoms with van der Waals surface area (Å²) in [6.45, 7) is 0.459. The van der Waals surface area contributed by atoms with Gasteiger partial charge in [-0.05, 0) is 11.6 Å². The van der Waals surface area contributed by atoms with Crippen LogP contribution in [-0.2, 0) is 16.1 Å². The Morgan fingerprint density at radius 1 is 1.56 bits per heavy atom. The normalized spacial score (nSPS) is 19.3. The van der Waals surface area contributed by atoms with Gasteiger partial charge in [0.25, 0.3) is 0 Å². The third kappa shape index (κ3) is 2.46. The standard InChI is InChI=1S/C12H12ClFN2O2/c13-11-7(2-1-3-9(11)14)5-16-6-8(12(15)18)4-10(16)17/h1-3,8H,4-6H2,(H2,15,18). The highest BCUT2D eigenvalue weighted by Crippen LogP contribution is 2.25. The van der Waals surface area contributed by atoms with Crippen molar-refractivity contribution in [3.63, 3.8) is 0 Å². The molecule has 2 N–H and O–H groups in total. The van der Waals surface area contributed by atoms with Crippen LogP contribution >= 0.6 is 11.6 Å². The Balaban J connectivity index is 2.13. The number of carbonyl (C=O) groups excluding carboxylic acids is 2. The van der Waals surface area contributed by atoms with Crippen LogP contribution in [0.4, 0.5) is 4.39 Å². The summed E-state index contributed by atoms with van der Waals surface area (Å²) < 4.78 is 13.2. The molecule has 0 spiro atoms. The van der Waals surface area contributed by atoms with Crippen LogP contribution in [0.15, 0.2) is 18.2 Å². The number of likely N-dealkylation sites (tertiary alicyclic amines) is 1. The Labute approximate surface area is 109 Å². The highest BCUT2D eigenvalue weighted by molar-refractivity contribution is 6.31. The van der Waals surface area contributed by atoms with Gasteiger partial charge in [-0.1, -0.05) is 23.7 Å². The van der Waals surface area contributed by atoms with Crippen molar-refractivity contribution in [1.82, 2.24) is 4.90 Å². The number of halogens is 2. The monoisotopic (exact) mass is 270 g/mol. The molecule has 0 bridgehead atoms.